The Hall–Kier alpha value is -2.70. The van der Waals surface area contributed by atoms with Crippen molar-refractivity contribution in [1.29, 1.82) is 0 Å². The highest BCUT2D eigenvalue weighted by atomic mass is 32.2. The maximum absolute atomic E-state index is 12.9. The summed E-state index contributed by atoms with van der Waals surface area (Å²) in [5, 5.41) is 8.79. The summed E-state index contributed by atoms with van der Waals surface area (Å²) >= 11 is 0. The average Bonchev–Trinajstić information content (AvgIpc) is 2.70. The minimum atomic E-state index is -4.02. The monoisotopic (exact) mass is 402 g/mol. The van der Waals surface area contributed by atoms with E-state index in [0.29, 0.717) is 5.56 Å². The van der Waals surface area contributed by atoms with Crippen molar-refractivity contribution in [3.8, 4) is 11.8 Å². The summed E-state index contributed by atoms with van der Waals surface area (Å²) in [6.45, 7) is 3.00. The summed E-state index contributed by atoms with van der Waals surface area (Å²) in [5.74, 6) is 5.14. The second kappa shape index (κ2) is 9.48. The quantitative estimate of drug-likeness (QED) is 0.333. The van der Waals surface area contributed by atoms with Crippen molar-refractivity contribution in [2.24, 2.45) is 0 Å². The van der Waals surface area contributed by atoms with Gasteiger partial charge in [-0.3, -0.25) is 10.0 Å². The van der Waals surface area contributed by atoms with Crippen LogP contribution in [0.4, 0.5) is 0 Å². The van der Waals surface area contributed by atoms with Crippen LogP contribution < -0.4 is 5.48 Å². The number of rotatable bonds is 6. The fourth-order valence-corrected chi connectivity index (χ4v) is 3.87. The normalized spacial score (nSPS) is 12.2. The van der Waals surface area contributed by atoms with Gasteiger partial charge in [0.15, 0.2) is 0 Å². The molecule has 0 saturated carbocycles. The number of carbonyl (C=O) groups is 1. The Labute approximate surface area is 165 Å². The van der Waals surface area contributed by atoms with Crippen LogP contribution in [0.1, 0.15) is 23.6 Å². The Morgan fingerprint density at radius 2 is 1.61 bits per heavy atom. The first kappa shape index (κ1) is 21.6. The molecule has 28 heavy (non-hydrogen) atoms. The van der Waals surface area contributed by atoms with Crippen molar-refractivity contribution in [2.45, 2.75) is 24.8 Å². The van der Waals surface area contributed by atoms with Gasteiger partial charge in [0.1, 0.15) is 12.8 Å². The van der Waals surface area contributed by atoms with Gasteiger partial charge in [0.05, 0.1) is 4.90 Å². The predicted octanol–water partition coefficient (Wildman–Crippen LogP) is 1.88. The van der Waals surface area contributed by atoms with E-state index in [0.717, 1.165) is 15.4 Å². The van der Waals surface area contributed by atoms with Crippen molar-refractivity contribution in [3.63, 3.8) is 0 Å². The van der Waals surface area contributed by atoms with Gasteiger partial charge in [0.2, 0.25) is 10.0 Å². The summed E-state index contributed by atoms with van der Waals surface area (Å²) < 4.78 is 31.5. The number of ether oxygens (including phenoxy) is 1. The molecule has 7 nitrogen and oxygen atoms in total. The molecule has 148 valence electrons. The number of amides is 1. The molecule has 0 saturated heterocycles. The standard InChI is InChI=1S/C20H22N2O5S/c1-15-4-6-17(7-5-15)8-9-18-10-12-19(13-11-18)28(25,26)22(14-27-3)16(2)20(23)21-24/h4-7,10-13,16,24H,14H2,1-3H3,(H,21,23)/t16-/m1/s1. The number of hydroxylamine groups is 1. The number of nitrogens with zero attached hydrogens (tertiary/aromatic N) is 1. The lowest BCUT2D eigenvalue weighted by Gasteiger charge is -2.26. The van der Waals surface area contributed by atoms with E-state index >= 15 is 0 Å². The molecule has 0 bridgehead atoms. The van der Waals surface area contributed by atoms with Gasteiger partial charge in [-0.05, 0) is 50.2 Å². The molecule has 1 atom stereocenters. The second-order valence-electron chi connectivity index (χ2n) is 6.10. The molecule has 2 aromatic rings. The Morgan fingerprint density at radius 1 is 1.11 bits per heavy atom. The number of sulfonamides is 1. The van der Waals surface area contributed by atoms with Crippen molar-refractivity contribution in [1.82, 2.24) is 9.79 Å². The number of methoxy groups -OCH3 is 1. The van der Waals surface area contributed by atoms with Crippen molar-refractivity contribution < 1.29 is 23.2 Å². The Bertz CT molecular complexity index is 974. The van der Waals surface area contributed by atoms with Crippen molar-refractivity contribution in [3.05, 3.63) is 65.2 Å². The number of hydrogen-bond acceptors (Lipinski definition) is 5. The van der Waals surface area contributed by atoms with E-state index in [-0.39, 0.29) is 11.6 Å². The SMILES string of the molecule is COCN([C@H](C)C(=O)NO)S(=O)(=O)c1ccc(C#Cc2ccc(C)cc2)cc1. The van der Waals surface area contributed by atoms with Crippen LogP contribution in [-0.2, 0) is 19.6 Å². The van der Waals surface area contributed by atoms with Crippen LogP contribution in [0.15, 0.2) is 53.4 Å². The summed E-state index contributed by atoms with van der Waals surface area (Å²) in [5.41, 5.74) is 4.11. The third kappa shape index (κ3) is 5.18. The first-order valence-corrected chi connectivity index (χ1v) is 9.87. The maximum Gasteiger partial charge on any atom is 0.261 e. The van der Waals surface area contributed by atoms with Gasteiger partial charge in [-0.25, -0.2) is 13.9 Å². The van der Waals surface area contributed by atoms with E-state index in [4.69, 9.17) is 9.94 Å². The molecule has 2 rings (SSSR count). The number of hydrogen-bond donors (Lipinski definition) is 2. The van der Waals surface area contributed by atoms with E-state index in [1.807, 2.05) is 31.2 Å². The van der Waals surface area contributed by atoms with Crippen LogP contribution in [0.3, 0.4) is 0 Å². The number of aryl methyl sites for hydroxylation is 1. The molecule has 8 heteroatoms. The highest BCUT2D eigenvalue weighted by Crippen LogP contribution is 2.19. The largest absolute Gasteiger partial charge is 0.368 e. The lowest BCUT2D eigenvalue weighted by Crippen LogP contribution is -2.47. The summed E-state index contributed by atoms with van der Waals surface area (Å²) in [4.78, 5) is 11.6. The van der Waals surface area contributed by atoms with E-state index in [2.05, 4.69) is 11.8 Å². The molecule has 2 aromatic carbocycles. The fraction of sp³-hybridized carbons (Fsp3) is 0.250. The lowest BCUT2D eigenvalue weighted by atomic mass is 10.1. The van der Waals surface area contributed by atoms with Crippen LogP contribution in [0.2, 0.25) is 0 Å². The zero-order valence-electron chi connectivity index (χ0n) is 15.8. The fourth-order valence-electron chi connectivity index (χ4n) is 2.37. The second-order valence-corrected chi connectivity index (χ2v) is 7.99. The Balaban J connectivity index is 2.27. The molecule has 0 fully saturated rings. The van der Waals surface area contributed by atoms with Gasteiger partial charge in [0.25, 0.3) is 5.91 Å². The number of nitrogens with one attached hydrogen (secondary N) is 1. The highest BCUT2D eigenvalue weighted by Gasteiger charge is 2.32. The summed E-state index contributed by atoms with van der Waals surface area (Å²) in [6.07, 6.45) is 0. The summed E-state index contributed by atoms with van der Waals surface area (Å²) in [6, 6.07) is 12.6. The van der Waals surface area contributed by atoms with E-state index in [1.165, 1.54) is 31.6 Å². The molecule has 0 aliphatic carbocycles. The molecule has 0 aliphatic heterocycles. The predicted molar refractivity (Wildman–Crippen MR) is 104 cm³/mol. The zero-order chi connectivity index (χ0) is 20.7. The molecule has 0 aliphatic rings. The van der Waals surface area contributed by atoms with Crippen LogP contribution in [-0.4, -0.2) is 43.7 Å². The first-order valence-electron chi connectivity index (χ1n) is 8.43. The first-order chi connectivity index (χ1) is 13.3. The molecule has 0 unspecified atom stereocenters. The molecule has 1 amide bonds. The van der Waals surface area contributed by atoms with Gasteiger partial charge in [0, 0.05) is 18.2 Å². The molecule has 0 radical (unpaired) electrons. The highest BCUT2D eigenvalue weighted by molar-refractivity contribution is 7.89. The number of carbonyl (C=O) groups excluding carboxylic acids is 1. The third-order valence-corrected chi connectivity index (χ3v) is 5.95. The number of benzene rings is 2. The van der Waals surface area contributed by atoms with Gasteiger partial charge in [-0.2, -0.15) is 4.31 Å². The molecule has 2 N–H and O–H groups in total. The molecule has 0 aromatic heterocycles. The maximum atomic E-state index is 12.9. The topological polar surface area (TPSA) is 95.9 Å². The zero-order valence-corrected chi connectivity index (χ0v) is 16.7. The Kier molecular flexibility index (Phi) is 7.31. The van der Waals surface area contributed by atoms with Crippen LogP contribution >= 0.6 is 0 Å². The van der Waals surface area contributed by atoms with E-state index < -0.39 is 22.0 Å². The van der Waals surface area contributed by atoms with E-state index in [1.54, 1.807) is 12.1 Å². The lowest BCUT2D eigenvalue weighted by molar-refractivity contribution is -0.133. The van der Waals surface area contributed by atoms with Gasteiger partial charge in [-0.15, -0.1) is 0 Å². The molecular formula is C20H22N2O5S. The van der Waals surface area contributed by atoms with E-state index in [9.17, 15) is 13.2 Å². The van der Waals surface area contributed by atoms with Gasteiger partial charge < -0.3 is 4.74 Å². The molecular weight excluding hydrogens is 380 g/mol. The van der Waals surface area contributed by atoms with Gasteiger partial charge >= 0.3 is 0 Å². The van der Waals surface area contributed by atoms with Crippen LogP contribution in [0, 0.1) is 18.8 Å². The smallest absolute Gasteiger partial charge is 0.261 e. The average molecular weight is 402 g/mol. The van der Waals surface area contributed by atoms with Crippen molar-refractivity contribution >= 4 is 15.9 Å². The summed E-state index contributed by atoms with van der Waals surface area (Å²) in [7, 11) is -2.70. The Morgan fingerprint density at radius 3 is 2.07 bits per heavy atom. The molecule has 0 spiro atoms. The minimum absolute atomic E-state index is 0.0111. The molecule has 0 heterocycles. The van der Waals surface area contributed by atoms with Crippen LogP contribution in [0.25, 0.3) is 0 Å². The minimum Gasteiger partial charge on any atom is -0.368 e. The van der Waals surface area contributed by atoms with Crippen molar-refractivity contribution in [2.75, 3.05) is 13.8 Å². The third-order valence-electron chi connectivity index (χ3n) is 4.04. The van der Waals surface area contributed by atoms with Gasteiger partial charge in [-0.1, -0.05) is 29.5 Å². The van der Waals surface area contributed by atoms with Crippen LogP contribution in [0.5, 0.6) is 0 Å².